The molecule has 2 aromatic rings. The molecule has 0 bridgehead atoms. The van der Waals surface area contributed by atoms with Crippen LogP contribution in [-0.4, -0.2) is 65.3 Å². The van der Waals surface area contributed by atoms with Crippen molar-refractivity contribution in [3.05, 3.63) is 35.3 Å². The normalized spacial score (nSPS) is 20.7. The van der Waals surface area contributed by atoms with Gasteiger partial charge in [-0.1, -0.05) is 0 Å². The Balaban J connectivity index is 1.41. The van der Waals surface area contributed by atoms with Crippen LogP contribution in [0.15, 0.2) is 18.3 Å². The fourth-order valence-electron chi connectivity index (χ4n) is 3.48. The van der Waals surface area contributed by atoms with Gasteiger partial charge < -0.3 is 15.1 Å². The highest BCUT2D eigenvalue weighted by molar-refractivity contribution is 5.95. The zero-order valence-electron chi connectivity index (χ0n) is 15.2. The quantitative estimate of drug-likeness (QED) is 0.744. The summed E-state index contributed by atoms with van der Waals surface area (Å²) in [5, 5.41) is 13.3. The Morgan fingerprint density at radius 2 is 2.08 bits per heavy atom. The van der Waals surface area contributed by atoms with Gasteiger partial charge in [-0.2, -0.15) is 5.10 Å². The Morgan fingerprint density at radius 1 is 1.27 bits per heavy atom. The molecule has 1 saturated heterocycles. The molecule has 0 aromatic carbocycles. The van der Waals surface area contributed by atoms with Gasteiger partial charge in [0.1, 0.15) is 5.82 Å². The van der Waals surface area contributed by atoms with E-state index in [2.05, 4.69) is 37.7 Å². The minimum absolute atomic E-state index is 0.0332. The lowest BCUT2D eigenvalue weighted by atomic mass is 10.0. The van der Waals surface area contributed by atoms with Gasteiger partial charge in [0.05, 0.1) is 29.3 Å². The summed E-state index contributed by atoms with van der Waals surface area (Å²) >= 11 is 0. The van der Waals surface area contributed by atoms with Crippen molar-refractivity contribution in [2.45, 2.75) is 25.9 Å². The highest BCUT2D eigenvalue weighted by Crippen LogP contribution is 2.21. The van der Waals surface area contributed by atoms with Crippen LogP contribution in [0.2, 0.25) is 0 Å². The summed E-state index contributed by atoms with van der Waals surface area (Å²) in [5.41, 5.74) is 3.77. The van der Waals surface area contributed by atoms with Gasteiger partial charge in [0.25, 0.3) is 0 Å². The highest BCUT2D eigenvalue weighted by atomic mass is 16.2. The Bertz CT molecular complexity index is 795. The van der Waals surface area contributed by atoms with E-state index >= 15 is 0 Å². The summed E-state index contributed by atoms with van der Waals surface area (Å²) in [5.74, 6) is 0.946. The van der Waals surface area contributed by atoms with Gasteiger partial charge in [-0.25, -0.2) is 4.98 Å². The molecule has 1 atom stereocenters. The summed E-state index contributed by atoms with van der Waals surface area (Å²) in [4.78, 5) is 21.9. The summed E-state index contributed by atoms with van der Waals surface area (Å²) < 4.78 is 0. The Kier molecular flexibility index (Phi) is 4.60. The van der Waals surface area contributed by atoms with Crippen molar-refractivity contribution < 1.29 is 4.79 Å². The van der Waals surface area contributed by atoms with E-state index < -0.39 is 0 Å². The minimum Gasteiger partial charge on any atom is -0.354 e. The number of nitrogens with one attached hydrogen (secondary N) is 3. The molecule has 0 aliphatic carbocycles. The van der Waals surface area contributed by atoms with Crippen LogP contribution in [0.1, 0.15) is 17.0 Å². The molecule has 1 amide bonds. The Labute approximate surface area is 153 Å². The van der Waals surface area contributed by atoms with Crippen LogP contribution in [0.4, 0.5) is 11.5 Å². The van der Waals surface area contributed by atoms with Gasteiger partial charge in [-0.15, -0.1) is 0 Å². The van der Waals surface area contributed by atoms with E-state index in [9.17, 15) is 4.79 Å². The van der Waals surface area contributed by atoms with Crippen LogP contribution in [0.5, 0.6) is 0 Å². The van der Waals surface area contributed by atoms with Gasteiger partial charge in [-0.05, 0) is 31.7 Å². The Morgan fingerprint density at radius 3 is 2.85 bits per heavy atom. The molecular formula is C18H25N7O. The van der Waals surface area contributed by atoms with Crippen molar-refractivity contribution in [2.75, 3.05) is 43.4 Å². The number of aromatic amines is 1. The van der Waals surface area contributed by atoms with Gasteiger partial charge in [0, 0.05) is 39.1 Å². The van der Waals surface area contributed by atoms with Crippen LogP contribution in [0, 0.1) is 6.92 Å². The second kappa shape index (κ2) is 7.05. The fraction of sp³-hybridized carbons (Fsp3) is 0.500. The van der Waals surface area contributed by atoms with Crippen LogP contribution in [0.25, 0.3) is 0 Å². The molecule has 2 aromatic heterocycles. The lowest BCUT2D eigenvalue weighted by molar-refractivity contribution is -0.118. The average molecular weight is 355 g/mol. The number of aryl methyl sites for hydroxylation is 1. The maximum absolute atomic E-state index is 12.6. The number of rotatable bonds is 3. The van der Waals surface area contributed by atoms with Crippen molar-refractivity contribution >= 4 is 17.4 Å². The topological polar surface area (TPSA) is 89.2 Å². The first kappa shape index (κ1) is 17.0. The molecule has 8 nitrogen and oxygen atoms in total. The summed E-state index contributed by atoms with van der Waals surface area (Å²) in [6, 6.07) is 3.70. The van der Waals surface area contributed by atoms with E-state index in [0.717, 1.165) is 54.6 Å². The van der Waals surface area contributed by atoms with Crippen molar-refractivity contribution in [3.8, 4) is 0 Å². The lowest BCUT2D eigenvalue weighted by Gasteiger charge is -2.33. The molecule has 4 rings (SSSR count). The second-order valence-corrected chi connectivity index (χ2v) is 7.09. The number of H-pyrrole nitrogens is 1. The van der Waals surface area contributed by atoms with E-state index in [1.54, 1.807) is 6.20 Å². The van der Waals surface area contributed by atoms with Crippen molar-refractivity contribution in [3.63, 3.8) is 0 Å². The van der Waals surface area contributed by atoms with Gasteiger partial charge >= 0.3 is 0 Å². The summed E-state index contributed by atoms with van der Waals surface area (Å²) in [6.07, 6.45) is 2.44. The Hall–Kier alpha value is -2.45. The first-order chi connectivity index (χ1) is 12.6. The van der Waals surface area contributed by atoms with E-state index in [-0.39, 0.29) is 11.9 Å². The van der Waals surface area contributed by atoms with Gasteiger partial charge in [0.2, 0.25) is 5.91 Å². The monoisotopic (exact) mass is 355 g/mol. The van der Waals surface area contributed by atoms with Gasteiger partial charge in [-0.3, -0.25) is 15.2 Å². The number of aromatic nitrogens is 3. The molecule has 8 heteroatoms. The highest BCUT2D eigenvalue weighted by Gasteiger charge is 2.26. The molecule has 26 heavy (non-hydrogen) atoms. The number of amides is 1. The number of nitrogens with zero attached hydrogens (tertiary/aromatic N) is 4. The molecule has 2 aliphatic rings. The largest absolute Gasteiger partial charge is 0.354 e. The molecule has 3 N–H and O–H groups in total. The van der Waals surface area contributed by atoms with Crippen molar-refractivity contribution in [1.29, 1.82) is 0 Å². The predicted molar refractivity (Wildman–Crippen MR) is 100 cm³/mol. The number of pyridine rings is 1. The second-order valence-electron chi connectivity index (χ2n) is 7.09. The van der Waals surface area contributed by atoms with Crippen molar-refractivity contribution in [1.82, 2.24) is 25.4 Å². The van der Waals surface area contributed by atoms with E-state index in [1.807, 2.05) is 19.1 Å². The molecule has 138 valence electrons. The molecule has 1 unspecified atom stereocenters. The molecule has 4 heterocycles. The number of carbonyl (C=O) groups is 1. The molecule has 1 fully saturated rings. The third-order valence-electron chi connectivity index (χ3n) is 5.23. The first-order valence-electron chi connectivity index (χ1n) is 9.06. The molecule has 0 spiro atoms. The van der Waals surface area contributed by atoms with Crippen LogP contribution < -0.4 is 15.5 Å². The van der Waals surface area contributed by atoms with Crippen LogP contribution >= 0.6 is 0 Å². The fourth-order valence-corrected chi connectivity index (χ4v) is 3.48. The molecule has 0 radical (unpaired) electrons. The summed E-state index contributed by atoms with van der Waals surface area (Å²) in [6.45, 7) is 6.62. The van der Waals surface area contributed by atoms with E-state index in [1.165, 1.54) is 0 Å². The first-order valence-corrected chi connectivity index (χ1v) is 9.06. The number of likely N-dealkylation sites (N-methyl/N-ethyl adjacent to an activating group) is 1. The van der Waals surface area contributed by atoms with Crippen molar-refractivity contribution in [2.24, 2.45) is 0 Å². The van der Waals surface area contributed by atoms with E-state index in [4.69, 9.17) is 4.98 Å². The third-order valence-corrected chi connectivity index (χ3v) is 5.23. The minimum atomic E-state index is -0.253. The maximum atomic E-state index is 12.6. The van der Waals surface area contributed by atoms with Crippen LogP contribution in [-0.2, 0) is 17.8 Å². The number of hydrogen-bond donors (Lipinski definition) is 3. The summed E-state index contributed by atoms with van der Waals surface area (Å²) in [7, 11) is 2.14. The molecule has 2 aliphatic heterocycles. The van der Waals surface area contributed by atoms with Gasteiger partial charge in [0.15, 0.2) is 0 Å². The number of anilines is 2. The maximum Gasteiger partial charge on any atom is 0.241 e. The lowest BCUT2D eigenvalue weighted by Crippen LogP contribution is -2.45. The zero-order valence-corrected chi connectivity index (χ0v) is 15.2. The zero-order chi connectivity index (χ0) is 18.1. The average Bonchev–Trinajstić information content (AvgIpc) is 3.11. The van der Waals surface area contributed by atoms with E-state index in [0.29, 0.717) is 13.0 Å². The number of hydrogen-bond acceptors (Lipinski definition) is 6. The smallest absolute Gasteiger partial charge is 0.241 e. The number of piperazine rings is 1. The molecular weight excluding hydrogens is 330 g/mol. The number of fused-ring (bicyclic) bond motifs is 1. The SMILES string of the molecule is Cc1nc(N2CCN(C)CC2)ccc1NC(=O)C1Cc2cn[nH]c2CN1. The third kappa shape index (κ3) is 3.42. The predicted octanol–water partition coefficient (Wildman–Crippen LogP) is 0.518. The van der Waals surface area contributed by atoms with Crippen LogP contribution in [0.3, 0.4) is 0 Å². The molecule has 0 saturated carbocycles. The number of carbonyl (C=O) groups excluding carboxylic acids is 1. The standard InChI is InChI=1S/C18H25N7O/c1-12-14(3-4-17(21-12)25-7-5-24(2)6-8-25)22-18(26)15-9-13-10-20-23-16(13)11-19-15/h3-4,10,15,19H,5-9,11H2,1-2H3,(H,20,23)(H,22,26).